The Hall–Kier alpha value is -1.73. The monoisotopic (exact) mass is 446 g/mol. The van der Waals surface area contributed by atoms with Gasteiger partial charge >= 0.3 is 5.97 Å². The van der Waals surface area contributed by atoms with Crippen molar-refractivity contribution in [2.24, 2.45) is 0 Å². The largest absolute Gasteiger partial charge is 0.436 e. The molecule has 2 saturated heterocycles. The van der Waals surface area contributed by atoms with Gasteiger partial charge in [0.05, 0.1) is 37.1 Å². The summed E-state index contributed by atoms with van der Waals surface area (Å²) in [7, 11) is 1.74. The molecule has 6 heteroatoms. The van der Waals surface area contributed by atoms with Gasteiger partial charge in [0.2, 0.25) is 6.29 Å². The molecule has 0 amide bonds. The van der Waals surface area contributed by atoms with Crippen LogP contribution in [0.2, 0.25) is 0 Å². The lowest BCUT2D eigenvalue weighted by Crippen LogP contribution is -2.40. The molecule has 2 aliphatic heterocycles. The zero-order valence-electron chi connectivity index (χ0n) is 19.4. The molecule has 1 aromatic carbocycles. The van der Waals surface area contributed by atoms with E-state index in [2.05, 4.69) is 18.7 Å². The molecule has 2 fully saturated rings. The zero-order valence-corrected chi connectivity index (χ0v) is 19.4. The molecule has 32 heavy (non-hydrogen) atoms. The summed E-state index contributed by atoms with van der Waals surface area (Å²) in [5.74, 6) is -0.302. The average molecular weight is 447 g/mol. The first kappa shape index (κ1) is 24.9. The highest BCUT2D eigenvalue weighted by atomic mass is 16.7. The van der Waals surface area contributed by atoms with Crippen molar-refractivity contribution in [3.63, 3.8) is 0 Å². The third-order valence-electron chi connectivity index (χ3n) is 6.19. The van der Waals surface area contributed by atoms with Gasteiger partial charge in [-0.1, -0.05) is 36.4 Å². The van der Waals surface area contributed by atoms with Crippen LogP contribution in [-0.2, 0) is 35.1 Å². The number of methoxy groups -OCH3 is 1. The molecular weight excluding hydrogens is 408 g/mol. The first-order valence-corrected chi connectivity index (χ1v) is 11.8. The van der Waals surface area contributed by atoms with Gasteiger partial charge in [-0.3, -0.25) is 4.79 Å². The number of esters is 1. The number of carbonyl (C=O) groups excluding carboxylic acids is 1. The van der Waals surface area contributed by atoms with Gasteiger partial charge in [0.15, 0.2) is 0 Å². The zero-order chi connectivity index (χ0) is 22.8. The van der Waals surface area contributed by atoms with Gasteiger partial charge in [0, 0.05) is 33.3 Å². The molecule has 178 valence electrons. The van der Waals surface area contributed by atoms with Gasteiger partial charge in [0.1, 0.15) is 0 Å². The van der Waals surface area contributed by atoms with Crippen LogP contribution >= 0.6 is 0 Å². The van der Waals surface area contributed by atoms with E-state index < -0.39 is 6.29 Å². The Morgan fingerprint density at radius 3 is 2.59 bits per heavy atom. The Balaban J connectivity index is 1.52. The Bertz CT molecular complexity index is 693. The normalized spacial score (nSPS) is 29.2. The number of ether oxygens (including phenoxy) is 5. The predicted octanol–water partition coefficient (Wildman–Crippen LogP) is 4.95. The van der Waals surface area contributed by atoms with E-state index in [0.29, 0.717) is 6.61 Å². The second-order valence-corrected chi connectivity index (χ2v) is 8.85. The first-order valence-electron chi connectivity index (χ1n) is 11.8. The molecule has 0 aliphatic carbocycles. The molecule has 0 N–H and O–H groups in total. The summed E-state index contributed by atoms with van der Waals surface area (Å²) in [6.45, 7) is 5.91. The number of carbonyl (C=O) groups is 1. The van der Waals surface area contributed by atoms with Crippen molar-refractivity contribution in [3.05, 3.63) is 48.6 Å². The summed E-state index contributed by atoms with van der Waals surface area (Å²) in [4.78, 5) is 11.3. The van der Waals surface area contributed by atoms with E-state index in [0.717, 1.165) is 51.4 Å². The lowest BCUT2D eigenvalue weighted by molar-refractivity contribution is -0.205. The number of rotatable bonds is 11. The molecule has 0 radical (unpaired) electrons. The van der Waals surface area contributed by atoms with E-state index in [1.807, 2.05) is 24.3 Å². The van der Waals surface area contributed by atoms with E-state index in [1.165, 1.54) is 12.5 Å². The fraction of sp³-hybridized carbons (Fsp3) is 0.654. The van der Waals surface area contributed by atoms with Crippen LogP contribution in [0.1, 0.15) is 63.9 Å². The third kappa shape index (κ3) is 8.32. The van der Waals surface area contributed by atoms with Crippen molar-refractivity contribution in [2.45, 2.75) is 102 Å². The lowest BCUT2D eigenvalue weighted by Gasteiger charge is -2.37. The maximum absolute atomic E-state index is 11.3. The third-order valence-corrected chi connectivity index (χ3v) is 6.19. The molecule has 6 nitrogen and oxygen atoms in total. The summed E-state index contributed by atoms with van der Waals surface area (Å²) < 4.78 is 29.7. The van der Waals surface area contributed by atoms with Crippen molar-refractivity contribution in [3.8, 4) is 0 Å². The lowest BCUT2D eigenvalue weighted by atomic mass is 9.93. The number of hydrogen-bond acceptors (Lipinski definition) is 6. The summed E-state index contributed by atoms with van der Waals surface area (Å²) in [5, 5.41) is 0. The van der Waals surface area contributed by atoms with Crippen molar-refractivity contribution in [1.82, 2.24) is 0 Å². The van der Waals surface area contributed by atoms with Crippen LogP contribution in [0.25, 0.3) is 0 Å². The van der Waals surface area contributed by atoms with Gasteiger partial charge < -0.3 is 23.7 Å². The fourth-order valence-corrected chi connectivity index (χ4v) is 4.66. The van der Waals surface area contributed by atoms with Gasteiger partial charge in [-0.15, -0.1) is 6.58 Å². The summed E-state index contributed by atoms with van der Waals surface area (Å²) in [5.41, 5.74) is 1.18. The van der Waals surface area contributed by atoms with Crippen LogP contribution < -0.4 is 0 Å². The smallest absolute Gasteiger partial charge is 0.304 e. The molecule has 0 aromatic heterocycles. The van der Waals surface area contributed by atoms with Crippen LogP contribution in [0.3, 0.4) is 0 Å². The minimum Gasteiger partial charge on any atom is -0.436 e. The summed E-state index contributed by atoms with van der Waals surface area (Å²) in [6, 6.07) is 10.3. The Labute approximate surface area is 192 Å². The van der Waals surface area contributed by atoms with E-state index in [1.54, 1.807) is 7.11 Å². The van der Waals surface area contributed by atoms with Crippen molar-refractivity contribution >= 4 is 5.97 Å². The standard InChI is InChI=1S/C26H38O6/c1-4-9-21-15-24(29-18-20-10-6-5-7-11-20)17-25(31-21)16-23(28-3)14-22-12-8-13-26(32-22)30-19(2)27/h4-7,10-11,21-26H,1,8-9,12-18H2,2-3H3/t21-,22?,23+,24?,25?,26?/m1/s1. The van der Waals surface area contributed by atoms with Crippen LogP contribution in [0.15, 0.2) is 43.0 Å². The Morgan fingerprint density at radius 2 is 1.88 bits per heavy atom. The van der Waals surface area contributed by atoms with Crippen molar-refractivity contribution in [1.29, 1.82) is 0 Å². The molecule has 0 spiro atoms. The van der Waals surface area contributed by atoms with Gasteiger partial charge in [-0.25, -0.2) is 0 Å². The average Bonchev–Trinajstić information content (AvgIpc) is 2.78. The number of benzene rings is 1. The minimum absolute atomic E-state index is 0.0123. The SMILES string of the molecule is C=CC[C@@H]1CC(OCc2ccccc2)CC(C[C@H](CC2CCCC(OC(C)=O)O2)OC)O1. The molecule has 0 bridgehead atoms. The maximum atomic E-state index is 11.3. The quantitative estimate of drug-likeness (QED) is 0.354. The highest BCUT2D eigenvalue weighted by Gasteiger charge is 2.33. The highest BCUT2D eigenvalue weighted by molar-refractivity contribution is 5.66. The van der Waals surface area contributed by atoms with Crippen LogP contribution in [0.5, 0.6) is 0 Å². The van der Waals surface area contributed by atoms with E-state index in [-0.39, 0.29) is 36.5 Å². The van der Waals surface area contributed by atoms with E-state index in [9.17, 15) is 4.79 Å². The molecule has 2 aliphatic rings. The first-order chi connectivity index (χ1) is 15.6. The van der Waals surface area contributed by atoms with Crippen molar-refractivity contribution < 1.29 is 28.5 Å². The second-order valence-electron chi connectivity index (χ2n) is 8.85. The van der Waals surface area contributed by atoms with Crippen LogP contribution in [0.4, 0.5) is 0 Å². The molecule has 2 heterocycles. The highest BCUT2D eigenvalue weighted by Crippen LogP contribution is 2.30. The molecule has 3 rings (SSSR count). The van der Waals surface area contributed by atoms with E-state index >= 15 is 0 Å². The molecule has 1 aromatic rings. The topological polar surface area (TPSA) is 63.2 Å². The molecular formula is C26H38O6. The Morgan fingerprint density at radius 1 is 1.12 bits per heavy atom. The van der Waals surface area contributed by atoms with Crippen LogP contribution in [-0.4, -0.2) is 49.9 Å². The summed E-state index contributed by atoms with van der Waals surface area (Å²) in [6.07, 6.45) is 8.61. The second kappa shape index (κ2) is 13.1. The Kier molecular flexibility index (Phi) is 10.2. The van der Waals surface area contributed by atoms with Crippen LogP contribution in [0, 0.1) is 0 Å². The van der Waals surface area contributed by atoms with Gasteiger partial charge in [-0.05, 0) is 37.7 Å². The fourth-order valence-electron chi connectivity index (χ4n) is 4.66. The van der Waals surface area contributed by atoms with Gasteiger partial charge in [0.25, 0.3) is 0 Å². The molecule has 6 atom stereocenters. The van der Waals surface area contributed by atoms with E-state index in [4.69, 9.17) is 23.7 Å². The number of hydrogen-bond donors (Lipinski definition) is 0. The summed E-state index contributed by atoms with van der Waals surface area (Å²) >= 11 is 0. The minimum atomic E-state index is -0.442. The maximum Gasteiger partial charge on any atom is 0.304 e. The van der Waals surface area contributed by atoms with Gasteiger partial charge in [-0.2, -0.15) is 0 Å². The predicted molar refractivity (Wildman–Crippen MR) is 122 cm³/mol. The van der Waals surface area contributed by atoms with Crippen molar-refractivity contribution in [2.75, 3.05) is 7.11 Å². The molecule has 0 saturated carbocycles. The molecule has 4 unspecified atom stereocenters.